The molecule has 1 amide bonds. The number of hydrogen-bond donors (Lipinski definition) is 1. The number of carbonyl (C=O) groups is 1. The highest BCUT2D eigenvalue weighted by Gasteiger charge is 2.41. The molecule has 0 radical (unpaired) electrons. The van der Waals surface area contributed by atoms with Crippen LogP contribution in [0.2, 0.25) is 5.02 Å². The minimum atomic E-state index is 0.000114. The summed E-state index contributed by atoms with van der Waals surface area (Å²) >= 11 is 6.15. The van der Waals surface area contributed by atoms with Crippen molar-refractivity contribution >= 4 is 23.2 Å². The highest BCUT2D eigenvalue weighted by atomic mass is 35.5. The molecule has 0 spiro atoms. The maximum atomic E-state index is 13.8. The molecule has 3 aliphatic heterocycles. The number of carbonyl (C=O) groups excluding carboxylic acids is 1. The van der Waals surface area contributed by atoms with Crippen LogP contribution in [0.4, 0.5) is 5.69 Å². The molecule has 0 aromatic heterocycles. The predicted molar refractivity (Wildman–Crippen MR) is 148 cm³/mol. The fraction of sp³-hybridized carbons (Fsp3) is 0.552. The summed E-state index contributed by atoms with van der Waals surface area (Å²) in [7, 11) is 0. The number of anilines is 1. The minimum absolute atomic E-state index is 0.000114. The van der Waals surface area contributed by atoms with E-state index in [2.05, 4.69) is 75.2 Å². The van der Waals surface area contributed by atoms with E-state index in [1.54, 1.807) is 0 Å². The first kappa shape index (κ1) is 25.5. The summed E-state index contributed by atoms with van der Waals surface area (Å²) < 4.78 is 0. The van der Waals surface area contributed by atoms with Crippen molar-refractivity contribution in [3.05, 3.63) is 64.7 Å². The van der Waals surface area contributed by atoms with Crippen LogP contribution in [-0.2, 0) is 11.3 Å². The Bertz CT molecular complexity index is 1010. The summed E-state index contributed by atoms with van der Waals surface area (Å²) in [5.74, 6) is 0.530. The molecule has 5 rings (SSSR count). The van der Waals surface area contributed by atoms with Crippen molar-refractivity contribution < 1.29 is 4.79 Å². The molecule has 0 aliphatic carbocycles. The standard InChI is InChI=1S/C29H40ClN5O/c1-22(2)35-20-26(23-7-9-25(30)10-8-23)27(21-35)29(36)34-17-15-33(16-18-34)28-6-4-3-5-24(28)19-32-13-11-31-12-14-32/h3-10,22,26-27,31H,11-21H2,1-2H3/t26-,27+/m0/s1. The first-order valence-corrected chi connectivity index (χ1v) is 13.9. The molecule has 7 heteroatoms. The van der Waals surface area contributed by atoms with E-state index in [0.717, 1.165) is 77.0 Å². The van der Waals surface area contributed by atoms with Gasteiger partial charge in [-0.3, -0.25) is 14.6 Å². The van der Waals surface area contributed by atoms with E-state index in [9.17, 15) is 4.79 Å². The van der Waals surface area contributed by atoms with Gasteiger partial charge < -0.3 is 15.1 Å². The number of hydrogen-bond acceptors (Lipinski definition) is 5. The van der Waals surface area contributed by atoms with E-state index in [1.165, 1.54) is 16.8 Å². The Labute approximate surface area is 221 Å². The van der Waals surface area contributed by atoms with E-state index in [-0.39, 0.29) is 11.8 Å². The Morgan fingerprint density at radius 1 is 0.944 bits per heavy atom. The zero-order chi connectivity index (χ0) is 25.1. The predicted octanol–water partition coefficient (Wildman–Crippen LogP) is 3.52. The van der Waals surface area contributed by atoms with E-state index in [1.807, 2.05) is 12.1 Å². The molecular weight excluding hydrogens is 470 g/mol. The zero-order valence-corrected chi connectivity index (χ0v) is 22.5. The van der Waals surface area contributed by atoms with Gasteiger partial charge in [-0.15, -0.1) is 0 Å². The summed E-state index contributed by atoms with van der Waals surface area (Å²) in [4.78, 5) is 23.4. The quantitative estimate of drug-likeness (QED) is 0.645. The van der Waals surface area contributed by atoms with Crippen molar-refractivity contribution in [2.45, 2.75) is 32.4 Å². The third kappa shape index (κ3) is 5.72. The lowest BCUT2D eigenvalue weighted by atomic mass is 9.88. The lowest BCUT2D eigenvalue weighted by Gasteiger charge is -2.39. The molecule has 3 saturated heterocycles. The molecule has 2 aromatic rings. The summed E-state index contributed by atoms with van der Waals surface area (Å²) in [5.41, 5.74) is 3.95. The van der Waals surface area contributed by atoms with Gasteiger partial charge in [0.25, 0.3) is 0 Å². The summed E-state index contributed by atoms with van der Waals surface area (Å²) in [6, 6.07) is 17.4. The molecule has 2 atom stereocenters. The number of benzene rings is 2. The van der Waals surface area contributed by atoms with Crippen molar-refractivity contribution in [2.24, 2.45) is 5.92 Å². The fourth-order valence-corrected chi connectivity index (χ4v) is 6.15. The van der Waals surface area contributed by atoms with Gasteiger partial charge in [0.05, 0.1) is 5.92 Å². The lowest BCUT2D eigenvalue weighted by molar-refractivity contribution is -0.135. The Morgan fingerprint density at radius 3 is 2.33 bits per heavy atom. The first-order valence-electron chi connectivity index (χ1n) is 13.5. The van der Waals surface area contributed by atoms with Gasteiger partial charge in [0.1, 0.15) is 0 Å². The summed E-state index contributed by atoms with van der Waals surface area (Å²) in [6.45, 7) is 14.9. The topological polar surface area (TPSA) is 42.1 Å². The molecule has 36 heavy (non-hydrogen) atoms. The number of halogens is 1. The summed E-state index contributed by atoms with van der Waals surface area (Å²) in [6.07, 6.45) is 0. The van der Waals surface area contributed by atoms with E-state index in [4.69, 9.17) is 11.6 Å². The Kier molecular flexibility index (Phi) is 8.16. The number of amides is 1. The highest BCUT2D eigenvalue weighted by molar-refractivity contribution is 6.30. The van der Waals surface area contributed by atoms with Crippen LogP contribution in [0.5, 0.6) is 0 Å². The maximum absolute atomic E-state index is 13.8. The molecular formula is C29H40ClN5O. The molecule has 1 N–H and O–H groups in total. The minimum Gasteiger partial charge on any atom is -0.368 e. The van der Waals surface area contributed by atoms with Gasteiger partial charge in [-0.05, 0) is 43.2 Å². The molecule has 0 saturated carbocycles. The molecule has 6 nitrogen and oxygen atoms in total. The molecule has 3 fully saturated rings. The molecule has 3 heterocycles. The number of rotatable bonds is 6. The SMILES string of the molecule is CC(C)N1C[C@@H](C(=O)N2CCN(c3ccccc3CN3CCNCC3)CC2)[C@H](c2ccc(Cl)cc2)C1. The second-order valence-electron chi connectivity index (χ2n) is 10.8. The van der Waals surface area contributed by atoms with Gasteiger partial charge in [-0.1, -0.05) is 41.9 Å². The summed E-state index contributed by atoms with van der Waals surface area (Å²) in [5, 5.41) is 4.19. The van der Waals surface area contributed by atoms with Crippen molar-refractivity contribution in [3.8, 4) is 0 Å². The number of likely N-dealkylation sites (tertiary alicyclic amines) is 1. The van der Waals surface area contributed by atoms with Crippen LogP contribution in [-0.4, -0.2) is 92.1 Å². The van der Waals surface area contributed by atoms with E-state index < -0.39 is 0 Å². The van der Waals surface area contributed by atoms with Gasteiger partial charge in [-0.2, -0.15) is 0 Å². The second kappa shape index (κ2) is 11.5. The first-order chi connectivity index (χ1) is 17.5. The van der Waals surface area contributed by atoms with Gasteiger partial charge >= 0.3 is 0 Å². The second-order valence-corrected chi connectivity index (χ2v) is 11.2. The van der Waals surface area contributed by atoms with Crippen LogP contribution in [0.15, 0.2) is 48.5 Å². The lowest BCUT2D eigenvalue weighted by Crippen LogP contribution is -2.51. The number of para-hydroxylation sites is 1. The van der Waals surface area contributed by atoms with Crippen molar-refractivity contribution in [1.82, 2.24) is 20.0 Å². The van der Waals surface area contributed by atoms with Crippen LogP contribution in [0.25, 0.3) is 0 Å². The molecule has 2 aromatic carbocycles. The van der Waals surface area contributed by atoms with Crippen molar-refractivity contribution in [1.29, 1.82) is 0 Å². The normalized spacial score (nSPS) is 24.0. The van der Waals surface area contributed by atoms with Crippen LogP contribution in [0.3, 0.4) is 0 Å². The third-order valence-electron chi connectivity index (χ3n) is 8.22. The smallest absolute Gasteiger partial charge is 0.227 e. The third-order valence-corrected chi connectivity index (χ3v) is 8.47. The van der Waals surface area contributed by atoms with Crippen molar-refractivity contribution in [3.63, 3.8) is 0 Å². The number of nitrogens with zero attached hydrogens (tertiary/aromatic N) is 4. The zero-order valence-electron chi connectivity index (χ0n) is 21.7. The Hall–Kier alpha value is -2.12. The van der Waals surface area contributed by atoms with Crippen LogP contribution in [0.1, 0.15) is 30.9 Å². The molecule has 0 bridgehead atoms. The average Bonchev–Trinajstić information content (AvgIpc) is 3.36. The molecule has 0 unspecified atom stereocenters. The average molecular weight is 510 g/mol. The van der Waals surface area contributed by atoms with Gasteiger partial charge in [0, 0.05) is 94.7 Å². The number of piperazine rings is 2. The highest BCUT2D eigenvalue weighted by Crippen LogP contribution is 2.36. The Balaban J connectivity index is 1.25. The van der Waals surface area contributed by atoms with Gasteiger partial charge in [0.15, 0.2) is 0 Å². The number of nitrogens with one attached hydrogen (secondary N) is 1. The maximum Gasteiger partial charge on any atom is 0.227 e. The van der Waals surface area contributed by atoms with Crippen LogP contribution in [0, 0.1) is 5.92 Å². The van der Waals surface area contributed by atoms with Crippen LogP contribution < -0.4 is 10.2 Å². The van der Waals surface area contributed by atoms with Gasteiger partial charge in [-0.25, -0.2) is 0 Å². The molecule has 3 aliphatic rings. The molecule has 194 valence electrons. The van der Waals surface area contributed by atoms with E-state index >= 15 is 0 Å². The van der Waals surface area contributed by atoms with Crippen molar-refractivity contribution in [2.75, 3.05) is 70.3 Å². The Morgan fingerprint density at radius 2 is 1.64 bits per heavy atom. The fourth-order valence-electron chi connectivity index (χ4n) is 6.02. The van der Waals surface area contributed by atoms with Gasteiger partial charge in [0.2, 0.25) is 5.91 Å². The monoisotopic (exact) mass is 509 g/mol. The van der Waals surface area contributed by atoms with Crippen LogP contribution >= 0.6 is 11.6 Å². The largest absolute Gasteiger partial charge is 0.368 e. The van der Waals surface area contributed by atoms with E-state index in [0.29, 0.717) is 11.9 Å².